The average Bonchev–Trinajstić information content (AvgIpc) is 2.70. The normalized spacial score (nSPS) is 15.4. The largest absolute Gasteiger partial charge is 0.338 e. The Kier molecular flexibility index (Phi) is 6.59. The number of sulfonamides is 1. The Morgan fingerprint density at radius 3 is 2.32 bits per heavy atom. The van der Waals surface area contributed by atoms with Gasteiger partial charge in [0.15, 0.2) is 0 Å². The van der Waals surface area contributed by atoms with Crippen molar-refractivity contribution in [2.75, 3.05) is 32.7 Å². The summed E-state index contributed by atoms with van der Waals surface area (Å²) in [5.41, 5.74) is 2.00. The van der Waals surface area contributed by atoms with Crippen LogP contribution in [0.4, 0.5) is 4.79 Å². The number of urea groups is 1. The van der Waals surface area contributed by atoms with E-state index in [9.17, 15) is 13.2 Å². The SMILES string of the molecule is Cc1ccc(S(=O)(=O)N2CCN(C(=O)NCCc3ccccc3Cl)CC2)cc1. The molecule has 1 aliphatic rings. The number of amides is 2. The summed E-state index contributed by atoms with van der Waals surface area (Å²) in [5, 5.41) is 3.57. The van der Waals surface area contributed by atoms with Gasteiger partial charge in [-0.25, -0.2) is 13.2 Å². The molecule has 1 fully saturated rings. The van der Waals surface area contributed by atoms with Crippen LogP contribution < -0.4 is 5.32 Å². The predicted octanol–water partition coefficient (Wildman–Crippen LogP) is 2.91. The summed E-state index contributed by atoms with van der Waals surface area (Å²) < 4.78 is 26.9. The van der Waals surface area contributed by atoms with Gasteiger partial charge in [0.1, 0.15) is 0 Å². The zero-order chi connectivity index (χ0) is 20.1. The maximum Gasteiger partial charge on any atom is 0.317 e. The third kappa shape index (κ3) is 4.84. The van der Waals surface area contributed by atoms with Crippen LogP contribution in [0.1, 0.15) is 11.1 Å². The maximum absolute atomic E-state index is 12.7. The van der Waals surface area contributed by atoms with Gasteiger partial charge in [-0.05, 0) is 37.1 Å². The van der Waals surface area contributed by atoms with Crippen LogP contribution in [-0.4, -0.2) is 56.4 Å². The lowest BCUT2D eigenvalue weighted by Gasteiger charge is -2.34. The van der Waals surface area contributed by atoms with Crippen molar-refractivity contribution in [2.24, 2.45) is 0 Å². The summed E-state index contributed by atoms with van der Waals surface area (Å²) in [5.74, 6) is 0. The summed E-state index contributed by atoms with van der Waals surface area (Å²) in [7, 11) is -3.53. The minimum atomic E-state index is -3.53. The molecular formula is C20H24ClN3O3S. The van der Waals surface area contributed by atoms with Crippen LogP contribution in [0.15, 0.2) is 53.4 Å². The Bertz CT molecular complexity index is 924. The number of nitrogens with one attached hydrogen (secondary N) is 1. The molecule has 2 aromatic carbocycles. The molecule has 1 heterocycles. The van der Waals surface area contributed by atoms with E-state index < -0.39 is 10.0 Å². The van der Waals surface area contributed by atoms with Crippen LogP contribution in [0.25, 0.3) is 0 Å². The second-order valence-electron chi connectivity index (χ2n) is 6.78. The average molecular weight is 422 g/mol. The number of piperazine rings is 1. The highest BCUT2D eigenvalue weighted by molar-refractivity contribution is 7.89. The summed E-state index contributed by atoms with van der Waals surface area (Å²) in [4.78, 5) is 14.3. The highest BCUT2D eigenvalue weighted by Gasteiger charge is 2.29. The molecule has 6 nitrogen and oxygen atoms in total. The van der Waals surface area contributed by atoms with Crippen LogP contribution in [-0.2, 0) is 16.4 Å². The van der Waals surface area contributed by atoms with Crippen LogP contribution in [0.3, 0.4) is 0 Å². The van der Waals surface area contributed by atoms with Crippen LogP contribution in [0, 0.1) is 6.92 Å². The number of benzene rings is 2. The molecule has 28 heavy (non-hydrogen) atoms. The van der Waals surface area contributed by atoms with Gasteiger partial charge in [-0.2, -0.15) is 4.31 Å². The zero-order valence-electron chi connectivity index (χ0n) is 15.8. The molecule has 0 aromatic heterocycles. The van der Waals surface area contributed by atoms with Crippen molar-refractivity contribution >= 4 is 27.7 Å². The number of aryl methyl sites for hydroxylation is 1. The van der Waals surface area contributed by atoms with Gasteiger partial charge in [0, 0.05) is 37.7 Å². The molecule has 1 N–H and O–H groups in total. The van der Waals surface area contributed by atoms with E-state index in [1.165, 1.54) is 4.31 Å². The summed E-state index contributed by atoms with van der Waals surface area (Å²) in [6, 6.07) is 14.2. The van der Waals surface area contributed by atoms with Crippen LogP contribution in [0.5, 0.6) is 0 Å². The summed E-state index contributed by atoms with van der Waals surface area (Å²) in [6.45, 7) is 3.69. The molecule has 150 valence electrons. The molecule has 0 radical (unpaired) electrons. The van der Waals surface area contributed by atoms with Crippen molar-refractivity contribution in [3.8, 4) is 0 Å². The first kappa shape index (κ1) is 20.6. The lowest BCUT2D eigenvalue weighted by atomic mass is 10.1. The molecule has 2 amide bonds. The number of rotatable bonds is 5. The second-order valence-corrected chi connectivity index (χ2v) is 9.12. The lowest BCUT2D eigenvalue weighted by Crippen LogP contribution is -2.53. The van der Waals surface area contributed by atoms with E-state index in [1.807, 2.05) is 31.2 Å². The molecule has 1 saturated heterocycles. The minimum absolute atomic E-state index is 0.181. The fourth-order valence-corrected chi connectivity index (χ4v) is 4.76. The monoisotopic (exact) mass is 421 g/mol. The first-order valence-corrected chi connectivity index (χ1v) is 11.0. The quantitative estimate of drug-likeness (QED) is 0.806. The maximum atomic E-state index is 12.7. The van der Waals surface area contributed by atoms with Gasteiger partial charge in [0.25, 0.3) is 0 Å². The van der Waals surface area contributed by atoms with E-state index in [0.717, 1.165) is 11.1 Å². The lowest BCUT2D eigenvalue weighted by molar-refractivity contribution is 0.172. The van der Waals surface area contributed by atoms with E-state index >= 15 is 0 Å². The van der Waals surface area contributed by atoms with Crippen molar-refractivity contribution in [2.45, 2.75) is 18.2 Å². The third-order valence-electron chi connectivity index (χ3n) is 4.81. The molecule has 0 saturated carbocycles. The van der Waals surface area contributed by atoms with Crippen molar-refractivity contribution in [3.63, 3.8) is 0 Å². The van der Waals surface area contributed by atoms with Gasteiger partial charge in [-0.1, -0.05) is 47.5 Å². The third-order valence-corrected chi connectivity index (χ3v) is 7.09. The molecule has 0 spiro atoms. The number of hydrogen-bond acceptors (Lipinski definition) is 3. The van der Waals surface area contributed by atoms with Gasteiger partial charge in [-0.3, -0.25) is 0 Å². The number of halogens is 1. The van der Waals surface area contributed by atoms with Gasteiger partial charge in [0.2, 0.25) is 10.0 Å². The summed E-state index contributed by atoms with van der Waals surface area (Å²) >= 11 is 6.12. The van der Waals surface area contributed by atoms with Gasteiger partial charge >= 0.3 is 6.03 Å². The van der Waals surface area contributed by atoms with Gasteiger partial charge in [-0.15, -0.1) is 0 Å². The standard InChI is InChI=1S/C20H24ClN3O3S/c1-16-6-8-18(9-7-16)28(26,27)24-14-12-23(13-15-24)20(25)22-11-10-17-4-2-3-5-19(17)21/h2-9H,10-15H2,1H3,(H,22,25). The van der Waals surface area contributed by atoms with Crippen molar-refractivity contribution < 1.29 is 13.2 Å². The first-order chi connectivity index (χ1) is 13.4. The minimum Gasteiger partial charge on any atom is -0.338 e. The highest BCUT2D eigenvalue weighted by atomic mass is 35.5. The smallest absolute Gasteiger partial charge is 0.317 e. The Morgan fingerprint density at radius 1 is 1.04 bits per heavy atom. The Hall–Kier alpha value is -2.09. The molecule has 3 rings (SSSR count). The fourth-order valence-electron chi connectivity index (χ4n) is 3.11. The first-order valence-electron chi connectivity index (χ1n) is 9.21. The van der Waals surface area contributed by atoms with E-state index in [-0.39, 0.29) is 24.0 Å². The molecule has 2 aromatic rings. The van der Waals surface area contributed by atoms with Gasteiger partial charge < -0.3 is 10.2 Å². The van der Waals surface area contributed by atoms with E-state index in [0.29, 0.717) is 31.1 Å². The second kappa shape index (κ2) is 8.94. The summed E-state index contributed by atoms with van der Waals surface area (Å²) in [6.07, 6.45) is 0.646. The van der Waals surface area contributed by atoms with Crippen molar-refractivity contribution in [3.05, 3.63) is 64.7 Å². The number of hydrogen-bond donors (Lipinski definition) is 1. The molecule has 0 unspecified atom stereocenters. The number of nitrogens with zero attached hydrogens (tertiary/aromatic N) is 2. The Morgan fingerprint density at radius 2 is 1.68 bits per heavy atom. The predicted molar refractivity (Wildman–Crippen MR) is 110 cm³/mol. The highest BCUT2D eigenvalue weighted by Crippen LogP contribution is 2.18. The molecule has 0 aliphatic carbocycles. The van der Waals surface area contributed by atoms with Crippen LogP contribution in [0.2, 0.25) is 5.02 Å². The molecular weight excluding hydrogens is 398 g/mol. The van der Waals surface area contributed by atoms with Crippen LogP contribution >= 0.6 is 11.6 Å². The molecule has 1 aliphatic heterocycles. The van der Waals surface area contributed by atoms with Crippen molar-refractivity contribution in [1.82, 2.24) is 14.5 Å². The van der Waals surface area contributed by atoms with E-state index in [2.05, 4.69) is 5.32 Å². The fraction of sp³-hybridized carbons (Fsp3) is 0.350. The Labute approximate surface area is 171 Å². The molecule has 0 bridgehead atoms. The number of carbonyl (C=O) groups is 1. The molecule has 0 atom stereocenters. The zero-order valence-corrected chi connectivity index (χ0v) is 17.3. The van der Waals surface area contributed by atoms with Crippen molar-refractivity contribution in [1.29, 1.82) is 0 Å². The van der Waals surface area contributed by atoms with Gasteiger partial charge in [0.05, 0.1) is 4.90 Å². The Balaban J connectivity index is 1.50. The molecule has 8 heteroatoms. The topological polar surface area (TPSA) is 69.7 Å². The van der Waals surface area contributed by atoms with E-state index in [1.54, 1.807) is 29.2 Å². The van der Waals surface area contributed by atoms with E-state index in [4.69, 9.17) is 11.6 Å². The number of carbonyl (C=O) groups excluding carboxylic acids is 1.